The molecule has 0 heterocycles. The molecule has 3 N–H and O–H groups in total. The topological polar surface area (TPSA) is 120 Å². The van der Waals surface area contributed by atoms with Gasteiger partial charge in [-0.3, -0.25) is 4.57 Å². The number of anilines is 1. The Kier molecular flexibility index (Phi) is 16.5. The van der Waals surface area contributed by atoms with Crippen LogP contribution in [0, 0.1) is 5.92 Å². The van der Waals surface area contributed by atoms with Gasteiger partial charge in [0.15, 0.2) is 0 Å². The van der Waals surface area contributed by atoms with Crippen LogP contribution in [0.1, 0.15) is 50.8 Å². The van der Waals surface area contributed by atoms with E-state index in [0.29, 0.717) is 31.8 Å². The molecule has 0 aliphatic carbocycles. The lowest BCUT2D eigenvalue weighted by Crippen LogP contribution is -2.39. The van der Waals surface area contributed by atoms with Crippen LogP contribution in [-0.4, -0.2) is 45.5 Å². The van der Waals surface area contributed by atoms with Crippen molar-refractivity contribution in [2.24, 2.45) is 11.7 Å². The van der Waals surface area contributed by atoms with Crippen molar-refractivity contribution in [3.8, 4) is 5.75 Å². The second kappa shape index (κ2) is 20.2. The van der Waals surface area contributed by atoms with E-state index in [1.807, 2.05) is 113 Å². The van der Waals surface area contributed by atoms with Crippen molar-refractivity contribution in [3.63, 3.8) is 0 Å². The summed E-state index contributed by atoms with van der Waals surface area (Å²) in [5.74, 6) is 0.751. The normalized spacial score (nSPS) is 12.3. The molecule has 4 rings (SSSR count). The van der Waals surface area contributed by atoms with Gasteiger partial charge in [0, 0.05) is 31.4 Å². The average Bonchev–Trinajstić information content (AvgIpc) is 3.13. The van der Waals surface area contributed by atoms with Crippen LogP contribution in [0.2, 0.25) is 0 Å². The first-order valence-corrected chi connectivity index (χ1v) is 19.9. The Morgan fingerprint density at radius 3 is 1.80 bits per heavy atom. The number of rotatable bonds is 19. The maximum Gasteiger partial charge on any atom is 0.335 e. The third kappa shape index (κ3) is 13.4. The van der Waals surface area contributed by atoms with Crippen LogP contribution in [0.4, 0.5) is 5.69 Å². The van der Waals surface area contributed by atoms with Gasteiger partial charge >= 0.3 is 7.60 Å². The fraction of sp³-hybridized carbons (Fsp3) is 0.368. The Morgan fingerprint density at radius 2 is 1.31 bits per heavy atom. The SMILES string of the molecule is CC.COc1ccc(S(=O)(=O)N(CC[C@@H](N)CNc2ccc(CP(=O)(OCc3ccccc3)OCc3ccccc3)cc2)CC(C)C)cc1. The van der Waals surface area contributed by atoms with Crippen LogP contribution >= 0.6 is 7.60 Å². The highest BCUT2D eigenvalue weighted by atomic mass is 32.2. The van der Waals surface area contributed by atoms with Gasteiger partial charge in [-0.05, 0) is 65.4 Å². The Hall–Kier alpha value is -3.50. The summed E-state index contributed by atoms with van der Waals surface area (Å²) in [6.45, 7) is 9.49. The molecule has 266 valence electrons. The quantitative estimate of drug-likeness (QED) is 0.0933. The molecular formula is C38H52N3O6PS. The van der Waals surface area contributed by atoms with Gasteiger partial charge in [-0.1, -0.05) is 100 Å². The van der Waals surface area contributed by atoms with Gasteiger partial charge in [-0.25, -0.2) is 8.42 Å². The summed E-state index contributed by atoms with van der Waals surface area (Å²) in [5, 5.41) is 3.34. The van der Waals surface area contributed by atoms with Gasteiger partial charge in [-0.15, -0.1) is 0 Å². The largest absolute Gasteiger partial charge is 0.497 e. The average molecular weight is 710 g/mol. The molecule has 49 heavy (non-hydrogen) atoms. The van der Waals surface area contributed by atoms with Crippen LogP contribution in [0.5, 0.6) is 5.75 Å². The molecule has 0 bridgehead atoms. The van der Waals surface area contributed by atoms with Gasteiger partial charge in [0.2, 0.25) is 10.0 Å². The number of nitrogens with zero attached hydrogens (tertiary/aromatic N) is 1. The van der Waals surface area contributed by atoms with Crippen molar-refractivity contribution in [1.29, 1.82) is 0 Å². The molecule has 0 spiro atoms. The smallest absolute Gasteiger partial charge is 0.335 e. The predicted octanol–water partition coefficient (Wildman–Crippen LogP) is 8.32. The second-order valence-corrected chi connectivity index (χ2v) is 15.8. The van der Waals surface area contributed by atoms with Gasteiger partial charge in [0.05, 0.1) is 31.4 Å². The summed E-state index contributed by atoms with van der Waals surface area (Å²) < 4.78 is 59.2. The molecule has 0 fully saturated rings. The summed E-state index contributed by atoms with van der Waals surface area (Å²) in [7, 11) is -5.63. The first-order valence-electron chi connectivity index (χ1n) is 16.7. The second-order valence-electron chi connectivity index (χ2n) is 11.8. The summed E-state index contributed by atoms with van der Waals surface area (Å²) >= 11 is 0. The number of nitrogens with one attached hydrogen (secondary N) is 1. The number of ether oxygens (including phenoxy) is 1. The van der Waals surface area contributed by atoms with Crippen LogP contribution in [-0.2, 0) is 43.0 Å². The van der Waals surface area contributed by atoms with Gasteiger partial charge in [0.25, 0.3) is 0 Å². The van der Waals surface area contributed by atoms with Crippen molar-refractivity contribution in [1.82, 2.24) is 4.31 Å². The standard InChI is InChI=1S/C36H46N3O6PS.C2H6/c1-29(2)25-39(47(41,42)36-20-18-35(43-3)19-21-36)23-22-33(37)24-38-34-16-14-32(15-17-34)28-46(40,44-26-30-10-6-4-7-11-30)45-27-31-12-8-5-9-13-31;1-2/h4-21,29,33,38H,22-28,37H2,1-3H3;1-2H3/t33-;/m1./s1. The molecule has 1 atom stereocenters. The molecule has 11 heteroatoms. The zero-order chi connectivity index (χ0) is 35.7. The molecule has 0 unspecified atom stereocenters. The van der Waals surface area contributed by atoms with E-state index in [4.69, 9.17) is 19.5 Å². The molecule has 0 aliphatic heterocycles. The highest BCUT2D eigenvalue weighted by Crippen LogP contribution is 2.53. The van der Waals surface area contributed by atoms with E-state index in [0.717, 1.165) is 22.4 Å². The van der Waals surface area contributed by atoms with E-state index in [2.05, 4.69) is 5.32 Å². The van der Waals surface area contributed by atoms with Crippen molar-refractivity contribution in [2.75, 3.05) is 32.1 Å². The fourth-order valence-electron chi connectivity index (χ4n) is 4.85. The molecular weight excluding hydrogens is 657 g/mol. The Morgan fingerprint density at radius 1 is 0.776 bits per heavy atom. The fourth-order valence-corrected chi connectivity index (χ4v) is 8.07. The van der Waals surface area contributed by atoms with E-state index in [1.165, 1.54) is 4.31 Å². The monoisotopic (exact) mass is 709 g/mol. The highest BCUT2D eigenvalue weighted by Gasteiger charge is 2.27. The number of methoxy groups -OCH3 is 1. The molecule has 4 aromatic rings. The van der Waals surface area contributed by atoms with E-state index in [1.54, 1.807) is 31.4 Å². The molecule has 0 aliphatic rings. The Labute approximate surface area is 293 Å². The van der Waals surface area contributed by atoms with Crippen molar-refractivity contribution in [2.45, 2.75) is 64.4 Å². The minimum Gasteiger partial charge on any atom is -0.497 e. The van der Waals surface area contributed by atoms with Crippen LogP contribution in [0.3, 0.4) is 0 Å². The lowest BCUT2D eigenvalue weighted by Gasteiger charge is -2.25. The Bertz CT molecular complexity index is 1610. The van der Waals surface area contributed by atoms with Gasteiger partial charge < -0.3 is 24.8 Å². The summed E-state index contributed by atoms with van der Waals surface area (Å²) in [6, 6.07) is 32.9. The van der Waals surface area contributed by atoms with Crippen LogP contribution in [0.25, 0.3) is 0 Å². The summed E-state index contributed by atoms with van der Waals surface area (Å²) in [5.41, 5.74) is 9.92. The van der Waals surface area contributed by atoms with Crippen LogP contribution < -0.4 is 15.8 Å². The number of benzene rings is 4. The number of nitrogens with two attached hydrogens (primary N) is 1. The first-order chi connectivity index (χ1) is 23.6. The summed E-state index contributed by atoms with van der Waals surface area (Å²) in [4.78, 5) is 0.228. The first kappa shape index (κ1) is 39.9. The maximum atomic E-state index is 13.9. The predicted molar refractivity (Wildman–Crippen MR) is 199 cm³/mol. The Balaban J connectivity index is 0.00000319. The molecule has 0 saturated heterocycles. The van der Waals surface area contributed by atoms with Crippen molar-refractivity contribution >= 4 is 23.3 Å². The summed E-state index contributed by atoms with van der Waals surface area (Å²) in [6.07, 6.45) is 0.606. The molecule has 0 aromatic heterocycles. The highest BCUT2D eigenvalue weighted by molar-refractivity contribution is 7.89. The molecule has 9 nitrogen and oxygen atoms in total. The minimum atomic E-state index is -3.69. The number of sulfonamides is 1. The van der Waals surface area contributed by atoms with Crippen molar-refractivity contribution in [3.05, 3.63) is 126 Å². The van der Waals surface area contributed by atoms with E-state index >= 15 is 0 Å². The third-order valence-electron chi connectivity index (χ3n) is 7.46. The van der Waals surface area contributed by atoms with Crippen molar-refractivity contribution < 1.29 is 26.8 Å². The third-order valence-corrected chi connectivity index (χ3v) is 11.1. The number of hydrogen-bond donors (Lipinski definition) is 2. The minimum absolute atomic E-state index is 0.126. The van der Waals surface area contributed by atoms with E-state index in [9.17, 15) is 13.0 Å². The van der Waals surface area contributed by atoms with Gasteiger partial charge in [0.1, 0.15) is 5.75 Å². The number of hydrogen-bond acceptors (Lipinski definition) is 8. The molecule has 4 aromatic carbocycles. The van der Waals surface area contributed by atoms with Crippen LogP contribution in [0.15, 0.2) is 114 Å². The molecule has 0 amide bonds. The maximum absolute atomic E-state index is 13.9. The lowest BCUT2D eigenvalue weighted by atomic mass is 10.2. The van der Waals surface area contributed by atoms with Gasteiger partial charge in [-0.2, -0.15) is 4.31 Å². The van der Waals surface area contributed by atoms with E-state index in [-0.39, 0.29) is 36.2 Å². The molecule has 0 saturated carbocycles. The van der Waals surface area contributed by atoms with E-state index < -0.39 is 17.6 Å². The molecule has 0 radical (unpaired) electrons. The zero-order valence-corrected chi connectivity index (χ0v) is 31.0. The lowest BCUT2D eigenvalue weighted by molar-refractivity contribution is 0.190. The zero-order valence-electron chi connectivity index (χ0n) is 29.3.